The third-order valence-corrected chi connectivity index (χ3v) is 4.14. The van der Waals surface area contributed by atoms with Gasteiger partial charge in [0, 0.05) is 50.5 Å². The van der Waals surface area contributed by atoms with E-state index in [-0.39, 0.29) is 12.5 Å². The van der Waals surface area contributed by atoms with E-state index >= 15 is 0 Å². The minimum absolute atomic E-state index is 0.116. The van der Waals surface area contributed by atoms with Crippen LogP contribution in [0.1, 0.15) is 15.9 Å². The monoisotopic (exact) mass is 275 g/mol. The van der Waals surface area contributed by atoms with Crippen LogP contribution in [0.2, 0.25) is 0 Å². The molecule has 0 saturated carbocycles. The average molecular weight is 275 g/mol. The van der Waals surface area contributed by atoms with Gasteiger partial charge in [-0.05, 0) is 24.1 Å². The first-order chi connectivity index (χ1) is 9.78. The number of hydrogen-bond donors (Lipinski definition) is 2. The van der Waals surface area contributed by atoms with Crippen molar-refractivity contribution >= 4 is 11.6 Å². The lowest BCUT2D eigenvalue weighted by Gasteiger charge is -2.34. The van der Waals surface area contributed by atoms with Crippen molar-refractivity contribution in [2.75, 3.05) is 51.2 Å². The van der Waals surface area contributed by atoms with Crippen molar-refractivity contribution in [2.45, 2.75) is 6.42 Å². The number of piperazine rings is 1. The van der Waals surface area contributed by atoms with E-state index in [1.54, 1.807) is 0 Å². The van der Waals surface area contributed by atoms with Gasteiger partial charge in [0.2, 0.25) is 0 Å². The highest BCUT2D eigenvalue weighted by atomic mass is 16.3. The Morgan fingerprint density at radius 1 is 1.25 bits per heavy atom. The predicted octanol–water partition coefficient (Wildman–Crippen LogP) is 0.405. The van der Waals surface area contributed by atoms with Crippen molar-refractivity contribution in [3.05, 3.63) is 29.3 Å². The summed E-state index contributed by atoms with van der Waals surface area (Å²) in [4.78, 5) is 16.6. The van der Waals surface area contributed by atoms with Crippen LogP contribution in [0.5, 0.6) is 0 Å². The Morgan fingerprint density at radius 2 is 2.05 bits per heavy atom. The highest BCUT2D eigenvalue weighted by molar-refractivity contribution is 5.95. The zero-order chi connectivity index (χ0) is 13.9. The maximum absolute atomic E-state index is 12.5. The second kappa shape index (κ2) is 5.81. The summed E-state index contributed by atoms with van der Waals surface area (Å²) in [5.41, 5.74) is 3.18. The Balaban J connectivity index is 1.65. The van der Waals surface area contributed by atoms with Crippen molar-refractivity contribution in [3.63, 3.8) is 0 Å². The van der Waals surface area contributed by atoms with Crippen molar-refractivity contribution in [1.29, 1.82) is 0 Å². The number of carbonyl (C=O) groups is 1. The zero-order valence-electron chi connectivity index (χ0n) is 11.6. The number of rotatable bonds is 3. The van der Waals surface area contributed by atoms with E-state index in [0.29, 0.717) is 6.54 Å². The summed E-state index contributed by atoms with van der Waals surface area (Å²) in [6, 6.07) is 5.98. The lowest BCUT2D eigenvalue weighted by atomic mass is 10.1. The van der Waals surface area contributed by atoms with Crippen LogP contribution in [-0.2, 0) is 6.42 Å². The Hall–Kier alpha value is -1.59. The summed E-state index contributed by atoms with van der Waals surface area (Å²) < 4.78 is 0. The minimum Gasteiger partial charge on any atom is -0.395 e. The number of carbonyl (C=O) groups excluding carboxylic acids is 1. The third kappa shape index (κ3) is 2.64. The molecule has 1 fully saturated rings. The number of β-amino-alcohol motifs (C(OH)–C–C–N with tert-alkyl or cyclic N) is 1. The fourth-order valence-corrected chi connectivity index (χ4v) is 2.92. The van der Waals surface area contributed by atoms with Crippen molar-refractivity contribution in [3.8, 4) is 0 Å². The molecule has 0 aromatic heterocycles. The van der Waals surface area contributed by atoms with Gasteiger partial charge < -0.3 is 15.3 Å². The van der Waals surface area contributed by atoms with Gasteiger partial charge in [-0.1, -0.05) is 6.07 Å². The van der Waals surface area contributed by atoms with E-state index in [1.165, 1.54) is 5.56 Å². The number of benzene rings is 1. The van der Waals surface area contributed by atoms with E-state index in [2.05, 4.69) is 16.3 Å². The van der Waals surface area contributed by atoms with Gasteiger partial charge in [0.05, 0.1) is 6.61 Å². The van der Waals surface area contributed by atoms with Gasteiger partial charge >= 0.3 is 0 Å². The summed E-state index contributed by atoms with van der Waals surface area (Å²) >= 11 is 0. The number of aliphatic hydroxyl groups excluding tert-OH is 1. The van der Waals surface area contributed by atoms with Crippen LogP contribution in [0.25, 0.3) is 0 Å². The van der Waals surface area contributed by atoms with Gasteiger partial charge in [-0.3, -0.25) is 9.69 Å². The Kier molecular flexibility index (Phi) is 3.89. The molecule has 1 amide bonds. The van der Waals surface area contributed by atoms with Gasteiger partial charge in [-0.25, -0.2) is 0 Å². The van der Waals surface area contributed by atoms with Crippen LogP contribution in [-0.4, -0.2) is 66.7 Å². The molecular weight excluding hydrogens is 254 g/mol. The fraction of sp³-hybridized carbons (Fsp3) is 0.533. The molecular formula is C15H21N3O2. The molecule has 0 spiro atoms. The van der Waals surface area contributed by atoms with E-state index in [1.807, 2.05) is 17.0 Å². The minimum atomic E-state index is 0.116. The van der Waals surface area contributed by atoms with Crippen LogP contribution in [0.4, 0.5) is 5.69 Å². The van der Waals surface area contributed by atoms with E-state index in [4.69, 9.17) is 5.11 Å². The SMILES string of the molecule is O=C(c1ccc2c(c1)NCC2)N1CCN(CCO)CC1. The highest BCUT2D eigenvalue weighted by Gasteiger charge is 2.22. The first kappa shape index (κ1) is 13.4. The van der Waals surface area contributed by atoms with Crippen LogP contribution in [0.15, 0.2) is 18.2 Å². The summed E-state index contributed by atoms with van der Waals surface area (Å²) in [7, 11) is 0. The molecule has 2 aliphatic rings. The summed E-state index contributed by atoms with van der Waals surface area (Å²) in [5, 5.41) is 12.2. The topological polar surface area (TPSA) is 55.8 Å². The smallest absolute Gasteiger partial charge is 0.254 e. The number of nitrogens with zero attached hydrogens (tertiary/aromatic N) is 2. The molecule has 0 radical (unpaired) electrons. The average Bonchev–Trinajstić information content (AvgIpc) is 2.95. The van der Waals surface area contributed by atoms with Gasteiger partial charge in [0.15, 0.2) is 0 Å². The van der Waals surface area contributed by atoms with Gasteiger partial charge in [-0.15, -0.1) is 0 Å². The molecule has 0 atom stereocenters. The molecule has 20 heavy (non-hydrogen) atoms. The lowest BCUT2D eigenvalue weighted by molar-refractivity contribution is 0.0615. The number of aliphatic hydroxyl groups is 1. The molecule has 5 heteroatoms. The van der Waals surface area contributed by atoms with Crippen molar-refractivity contribution in [2.24, 2.45) is 0 Å². The number of anilines is 1. The molecule has 2 N–H and O–H groups in total. The molecule has 0 bridgehead atoms. The van der Waals surface area contributed by atoms with Crippen LogP contribution in [0.3, 0.4) is 0 Å². The number of fused-ring (bicyclic) bond motifs is 1. The molecule has 1 aromatic carbocycles. The molecule has 0 aliphatic carbocycles. The standard InChI is InChI=1S/C15H21N3O2/c19-10-9-17-5-7-18(8-6-17)15(20)13-2-1-12-3-4-16-14(12)11-13/h1-2,11,16,19H,3-10H2. The second-order valence-electron chi connectivity index (χ2n) is 5.41. The highest BCUT2D eigenvalue weighted by Crippen LogP contribution is 2.24. The maximum atomic E-state index is 12.5. The van der Waals surface area contributed by atoms with Crippen molar-refractivity contribution in [1.82, 2.24) is 9.80 Å². The number of nitrogens with one attached hydrogen (secondary N) is 1. The fourth-order valence-electron chi connectivity index (χ4n) is 2.92. The van der Waals surface area contributed by atoms with E-state index in [0.717, 1.165) is 50.4 Å². The van der Waals surface area contributed by atoms with Crippen LogP contribution in [0, 0.1) is 0 Å². The van der Waals surface area contributed by atoms with Crippen LogP contribution >= 0.6 is 0 Å². The predicted molar refractivity (Wildman–Crippen MR) is 78.1 cm³/mol. The molecule has 1 aromatic rings. The van der Waals surface area contributed by atoms with Gasteiger partial charge in [-0.2, -0.15) is 0 Å². The largest absolute Gasteiger partial charge is 0.395 e. The first-order valence-corrected chi connectivity index (χ1v) is 7.27. The normalized spacial score (nSPS) is 18.8. The Labute approximate surface area is 119 Å². The van der Waals surface area contributed by atoms with Gasteiger partial charge in [0.25, 0.3) is 5.91 Å². The number of amides is 1. The van der Waals surface area contributed by atoms with Crippen LogP contribution < -0.4 is 5.32 Å². The molecule has 5 nitrogen and oxygen atoms in total. The van der Waals surface area contributed by atoms with E-state index in [9.17, 15) is 4.79 Å². The molecule has 108 valence electrons. The zero-order valence-corrected chi connectivity index (χ0v) is 11.6. The Morgan fingerprint density at radius 3 is 2.80 bits per heavy atom. The number of hydrogen-bond acceptors (Lipinski definition) is 4. The summed E-state index contributed by atoms with van der Waals surface area (Å²) in [5.74, 6) is 0.116. The van der Waals surface area contributed by atoms with Crippen molar-refractivity contribution < 1.29 is 9.90 Å². The molecule has 2 aliphatic heterocycles. The molecule has 1 saturated heterocycles. The Bertz CT molecular complexity index is 496. The van der Waals surface area contributed by atoms with E-state index < -0.39 is 0 Å². The maximum Gasteiger partial charge on any atom is 0.254 e. The third-order valence-electron chi connectivity index (χ3n) is 4.14. The quantitative estimate of drug-likeness (QED) is 0.839. The lowest BCUT2D eigenvalue weighted by Crippen LogP contribution is -2.49. The molecule has 2 heterocycles. The molecule has 3 rings (SSSR count). The second-order valence-corrected chi connectivity index (χ2v) is 5.41. The van der Waals surface area contributed by atoms with Gasteiger partial charge in [0.1, 0.15) is 0 Å². The molecule has 0 unspecified atom stereocenters. The summed E-state index contributed by atoms with van der Waals surface area (Å²) in [6.45, 7) is 5.01. The first-order valence-electron chi connectivity index (χ1n) is 7.27. The summed E-state index contributed by atoms with van der Waals surface area (Å²) in [6.07, 6.45) is 1.05.